The number of likely N-dealkylation sites (tertiary alicyclic amines) is 2. The van der Waals surface area contributed by atoms with E-state index in [4.69, 9.17) is 10.5 Å². The summed E-state index contributed by atoms with van der Waals surface area (Å²) in [7, 11) is 0. The van der Waals surface area contributed by atoms with Gasteiger partial charge >= 0.3 is 6.09 Å². The molecular weight excluding hydrogens is 436 g/mol. The largest absolute Gasteiger partial charge is 0.443 e. The van der Waals surface area contributed by atoms with Crippen LogP contribution in [0, 0.1) is 0 Å². The molecule has 6 nitrogen and oxygen atoms in total. The molecule has 0 unspecified atom stereocenters. The van der Waals surface area contributed by atoms with Crippen LogP contribution in [0.15, 0.2) is 35.4 Å². The predicted octanol–water partition coefficient (Wildman–Crippen LogP) is 5.75. The van der Waals surface area contributed by atoms with Crippen LogP contribution >= 0.6 is 0 Å². The Morgan fingerprint density at radius 3 is 2.31 bits per heavy atom. The highest BCUT2D eigenvalue weighted by Gasteiger charge is 2.31. The molecule has 190 valence electrons. The summed E-state index contributed by atoms with van der Waals surface area (Å²) in [4.78, 5) is 16.9. The minimum absolute atomic E-state index is 0.251. The first-order valence-electron chi connectivity index (χ1n) is 13.7. The number of carbonyl (C=O) groups excluding carboxylic acids is 1. The van der Waals surface area contributed by atoms with Gasteiger partial charge in [0.1, 0.15) is 6.61 Å². The minimum atomic E-state index is -0.697. The Morgan fingerprint density at radius 1 is 0.971 bits per heavy atom. The summed E-state index contributed by atoms with van der Waals surface area (Å²) in [6.07, 6.45) is 9.24. The summed E-state index contributed by atoms with van der Waals surface area (Å²) < 4.78 is 7.93. The van der Waals surface area contributed by atoms with Gasteiger partial charge in [0, 0.05) is 42.6 Å². The first kappa shape index (κ1) is 24.4. The molecule has 6 heteroatoms. The third-order valence-corrected chi connectivity index (χ3v) is 8.71. The lowest BCUT2D eigenvalue weighted by Gasteiger charge is -2.40. The Bertz CT molecular complexity index is 1060. The summed E-state index contributed by atoms with van der Waals surface area (Å²) >= 11 is 0. The average Bonchev–Trinajstić information content (AvgIpc) is 3.49. The van der Waals surface area contributed by atoms with E-state index in [0.29, 0.717) is 6.04 Å². The number of allylic oxidation sites excluding steroid dienone is 2. The lowest BCUT2D eigenvalue weighted by molar-refractivity contribution is 0.113. The summed E-state index contributed by atoms with van der Waals surface area (Å²) in [5.74, 6) is 0. The molecule has 35 heavy (non-hydrogen) atoms. The third-order valence-electron chi connectivity index (χ3n) is 8.71. The number of benzene rings is 1. The van der Waals surface area contributed by atoms with Crippen LogP contribution in [0.5, 0.6) is 0 Å². The number of nitrogens with zero attached hydrogens (tertiary/aromatic N) is 3. The van der Waals surface area contributed by atoms with Crippen LogP contribution in [0.1, 0.15) is 82.5 Å². The van der Waals surface area contributed by atoms with Gasteiger partial charge in [-0.2, -0.15) is 0 Å². The molecule has 3 aliphatic rings. The van der Waals surface area contributed by atoms with E-state index in [9.17, 15) is 4.79 Å². The van der Waals surface area contributed by atoms with E-state index in [1.807, 2.05) is 0 Å². The van der Waals surface area contributed by atoms with E-state index in [1.54, 1.807) is 5.57 Å². The zero-order valence-corrected chi connectivity index (χ0v) is 21.6. The van der Waals surface area contributed by atoms with E-state index in [0.717, 1.165) is 57.3 Å². The fourth-order valence-electron chi connectivity index (χ4n) is 6.76. The van der Waals surface area contributed by atoms with E-state index in [-0.39, 0.29) is 6.61 Å². The van der Waals surface area contributed by atoms with E-state index >= 15 is 0 Å². The molecule has 5 rings (SSSR count). The van der Waals surface area contributed by atoms with Crippen LogP contribution < -0.4 is 5.73 Å². The second-order valence-electron chi connectivity index (χ2n) is 11.0. The SMILES string of the molecule is CC(C)=C1CCC(N2CCC(n3c(COC(N)=O)c(CN4CCCC4)c4ccccc43)CC2)CC1. The van der Waals surface area contributed by atoms with E-state index < -0.39 is 6.09 Å². The molecule has 3 fully saturated rings. The number of aromatic nitrogens is 1. The fourth-order valence-corrected chi connectivity index (χ4v) is 6.76. The zero-order valence-electron chi connectivity index (χ0n) is 21.6. The van der Waals surface area contributed by atoms with Crippen molar-refractivity contribution in [3.8, 4) is 0 Å². The molecule has 1 aromatic carbocycles. The van der Waals surface area contributed by atoms with Crippen molar-refractivity contribution in [2.24, 2.45) is 5.73 Å². The van der Waals surface area contributed by atoms with Gasteiger partial charge in [0.05, 0.1) is 5.69 Å². The van der Waals surface area contributed by atoms with Crippen molar-refractivity contribution in [3.63, 3.8) is 0 Å². The molecule has 0 atom stereocenters. The summed E-state index contributed by atoms with van der Waals surface area (Å²) in [6.45, 7) is 10.3. The van der Waals surface area contributed by atoms with Crippen LogP contribution in [-0.4, -0.2) is 52.7 Å². The number of amides is 1. The van der Waals surface area contributed by atoms with Crippen molar-refractivity contribution >= 4 is 17.0 Å². The predicted molar refractivity (Wildman–Crippen MR) is 141 cm³/mol. The molecule has 0 bridgehead atoms. The summed E-state index contributed by atoms with van der Waals surface area (Å²) in [6, 6.07) is 9.89. The maximum absolute atomic E-state index is 11.6. The van der Waals surface area contributed by atoms with Gasteiger partial charge in [0.2, 0.25) is 0 Å². The van der Waals surface area contributed by atoms with Gasteiger partial charge in [-0.25, -0.2) is 4.79 Å². The Hall–Kier alpha value is -2.31. The Morgan fingerprint density at radius 2 is 1.66 bits per heavy atom. The highest BCUT2D eigenvalue weighted by molar-refractivity contribution is 5.86. The number of piperidine rings is 1. The molecule has 2 aliphatic heterocycles. The van der Waals surface area contributed by atoms with E-state index in [1.165, 1.54) is 60.6 Å². The van der Waals surface area contributed by atoms with Gasteiger partial charge in [0.25, 0.3) is 0 Å². The number of primary amides is 1. The van der Waals surface area contributed by atoms with Crippen molar-refractivity contribution in [1.82, 2.24) is 14.4 Å². The lowest BCUT2D eigenvalue weighted by Crippen LogP contribution is -2.43. The topological polar surface area (TPSA) is 63.7 Å². The number of ether oxygens (including phenoxy) is 1. The van der Waals surface area contributed by atoms with Crippen LogP contribution in [-0.2, 0) is 17.9 Å². The van der Waals surface area contributed by atoms with Gasteiger partial charge in [-0.05, 0) is 89.9 Å². The van der Waals surface area contributed by atoms with Crippen LogP contribution in [0.25, 0.3) is 10.9 Å². The van der Waals surface area contributed by atoms with Crippen molar-refractivity contribution in [1.29, 1.82) is 0 Å². The van der Waals surface area contributed by atoms with Crippen molar-refractivity contribution in [3.05, 3.63) is 46.7 Å². The molecule has 3 heterocycles. The molecule has 0 spiro atoms. The summed E-state index contributed by atoms with van der Waals surface area (Å²) in [5, 5.41) is 1.30. The van der Waals surface area contributed by atoms with Gasteiger partial charge in [-0.3, -0.25) is 4.90 Å². The first-order chi connectivity index (χ1) is 17.0. The molecule has 1 aromatic heterocycles. The zero-order chi connectivity index (χ0) is 24.4. The molecule has 0 radical (unpaired) electrons. The third kappa shape index (κ3) is 5.29. The monoisotopic (exact) mass is 478 g/mol. The number of hydrogen-bond donors (Lipinski definition) is 1. The normalized spacial score (nSPS) is 22.7. The minimum Gasteiger partial charge on any atom is -0.443 e. The Kier molecular flexibility index (Phi) is 7.49. The van der Waals surface area contributed by atoms with Crippen LogP contribution in [0.4, 0.5) is 4.79 Å². The Balaban J connectivity index is 1.38. The number of para-hydroxylation sites is 1. The van der Waals surface area contributed by atoms with E-state index in [2.05, 4.69) is 52.5 Å². The molecular formula is C29H42N4O2. The number of rotatable bonds is 6. The molecule has 2 aromatic rings. The maximum atomic E-state index is 11.6. The average molecular weight is 479 g/mol. The van der Waals surface area contributed by atoms with Crippen LogP contribution in [0.2, 0.25) is 0 Å². The molecule has 2 N–H and O–H groups in total. The number of nitrogens with two attached hydrogens (primary N) is 1. The highest BCUT2D eigenvalue weighted by atomic mass is 16.5. The second-order valence-corrected chi connectivity index (χ2v) is 11.0. The number of fused-ring (bicyclic) bond motifs is 1. The van der Waals surface area contributed by atoms with Crippen molar-refractivity contribution in [2.45, 2.75) is 90.4 Å². The van der Waals surface area contributed by atoms with Crippen molar-refractivity contribution < 1.29 is 9.53 Å². The maximum Gasteiger partial charge on any atom is 0.404 e. The van der Waals surface area contributed by atoms with Gasteiger partial charge in [0.15, 0.2) is 0 Å². The second kappa shape index (κ2) is 10.8. The first-order valence-corrected chi connectivity index (χ1v) is 13.7. The van der Waals surface area contributed by atoms with Gasteiger partial charge in [-0.15, -0.1) is 0 Å². The van der Waals surface area contributed by atoms with Gasteiger partial charge < -0.3 is 19.9 Å². The highest BCUT2D eigenvalue weighted by Crippen LogP contribution is 2.37. The summed E-state index contributed by atoms with van der Waals surface area (Å²) in [5.41, 5.74) is 12.3. The fraction of sp³-hybridized carbons (Fsp3) is 0.621. The van der Waals surface area contributed by atoms with Crippen LogP contribution in [0.3, 0.4) is 0 Å². The number of hydrogen-bond acceptors (Lipinski definition) is 4. The van der Waals surface area contributed by atoms with Gasteiger partial charge in [-0.1, -0.05) is 29.3 Å². The molecule has 1 aliphatic carbocycles. The lowest BCUT2D eigenvalue weighted by atomic mass is 9.86. The smallest absolute Gasteiger partial charge is 0.404 e. The molecule has 1 saturated carbocycles. The molecule has 1 amide bonds. The quantitative estimate of drug-likeness (QED) is 0.537. The van der Waals surface area contributed by atoms with Crippen molar-refractivity contribution in [2.75, 3.05) is 26.2 Å². The standard InChI is InChI=1S/C29H42N4O2/c1-21(2)22-9-11-23(12-10-22)32-17-13-24(14-18-32)33-27-8-4-3-7-25(27)26(19-31-15-5-6-16-31)28(33)20-35-29(30)34/h3-4,7-8,23-24H,5-6,9-20H2,1-2H3,(H2,30,34). The number of carbonyl (C=O) groups is 1. The Labute approximate surface area is 210 Å². The molecule has 2 saturated heterocycles.